The van der Waals surface area contributed by atoms with Crippen molar-refractivity contribution >= 4 is 10.0 Å². The lowest BCUT2D eigenvalue weighted by molar-refractivity contribution is 0.0819. The molecule has 0 amide bonds. The van der Waals surface area contributed by atoms with Gasteiger partial charge >= 0.3 is 0 Å². The predicted molar refractivity (Wildman–Crippen MR) is 85.2 cm³/mol. The van der Waals surface area contributed by atoms with Crippen LogP contribution >= 0.6 is 0 Å². The van der Waals surface area contributed by atoms with Crippen LogP contribution in [0.5, 0.6) is 5.75 Å². The fourth-order valence-electron chi connectivity index (χ4n) is 1.83. The van der Waals surface area contributed by atoms with Crippen molar-refractivity contribution in [2.75, 3.05) is 20.2 Å². The number of ether oxygens (including phenoxy) is 1. The summed E-state index contributed by atoms with van der Waals surface area (Å²) in [6.45, 7) is 3.55. The second-order valence-corrected chi connectivity index (χ2v) is 7.74. The Morgan fingerprint density at radius 1 is 1.22 bits per heavy atom. The van der Waals surface area contributed by atoms with E-state index in [2.05, 4.69) is 0 Å². The van der Waals surface area contributed by atoms with Crippen LogP contribution in [-0.4, -0.2) is 45.4 Å². The number of rotatable bonds is 9. The van der Waals surface area contributed by atoms with Crippen LogP contribution in [0.15, 0.2) is 29.2 Å². The zero-order chi connectivity index (χ0) is 17.6. The molecule has 2 N–H and O–H groups in total. The van der Waals surface area contributed by atoms with Gasteiger partial charge in [-0.3, -0.25) is 0 Å². The molecular weight excluding hydrogens is 326 g/mol. The molecule has 0 saturated heterocycles. The van der Waals surface area contributed by atoms with E-state index in [-0.39, 0.29) is 22.6 Å². The summed E-state index contributed by atoms with van der Waals surface area (Å²) in [5.41, 5.74) is 5.93. The van der Waals surface area contributed by atoms with Crippen molar-refractivity contribution in [1.82, 2.24) is 4.31 Å². The van der Waals surface area contributed by atoms with Gasteiger partial charge in [0, 0.05) is 19.6 Å². The molecule has 0 aliphatic heterocycles. The van der Waals surface area contributed by atoms with Crippen LogP contribution in [0.25, 0.3) is 0 Å². The van der Waals surface area contributed by atoms with Gasteiger partial charge in [-0.2, -0.15) is 0 Å². The van der Waals surface area contributed by atoms with Crippen molar-refractivity contribution in [2.24, 2.45) is 11.7 Å². The highest BCUT2D eigenvalue weighted by atomic mass is 32.2. The molecule has 1 aromatic carbocycles. The average Bonchev–Trinajstić information content (AvgIpc) is 2.50. The number of nitrogens with zero attached hydrogens (tertiary/aromatic N) is 1. The standard InChI is InChI=1S/C15H24F2N2O3S/c1-11(2)14(18)8-9-19(3)23(20,21)13-6-4-12(5-7-13)22-10-15(16)17/h4-7,11,14-15H,8-10,18H2,1-3H3. The molecule has 1 atom stereocenters. The maximum Gasteiger partial charge on any atom is 0.272 e. The van der Waals surface area contributed by atoms with E-state index >= 15 is 0 Å². The number of sulfonamides is 1. The number of nitrogens with two attached hydrogens (primary N) is 1. The van der Waals surface area contributed by atoms with E-state index in [0.717, 1.165) is 0 Å². The molecule has 1 aromatic rings. The van der Waals surface area contributed by atoms with Gasteiger partial charge in [-0.25, -0.2) is 21.5 Å². The Balaban J connectivity index is 2.71. The third kappa shape index (κ3) is 6.04. The first kappa shape index (κ1) is 19.8. The summed E-state index contributed by atoms with van der Waals surface area (Å²) in [4.78, 5) is 0.0857. The van der Waals surface area contributed by atoms with Crippen LogP contribution in [0.3, 0.4) is 0 Å². The topological polar surface area (TPSA) is 72.6 Å². The Hall–Kier alpha value is -1.25. The maximum absolute atomic E-state index is 12.4. The van der Waals surface area contributed by atoms with E-state index in [1.165, 1.54) is 35.6 Å². The zero-order valence-electron chi connectivity index (χ0n) is 13.6. The van der Waals surface area contributed by atoms with Crippen LogP contribution in [0, 0.1) is 5.92 Å². The number of benzene rings is 1. The van der Waals surface area contributed by atoms with Gasteiger partial charge in [0.2, 0.25) is 10.0 Å². The van der Waals surface area contributed by atoms with Gasteiger partial charge in [-0.05, 0) is 36.6 Å². The Bertz CT molecular complexity index is 577. The van der Waals surface area contributed by atoms with Crippen LogP contribution in [-0.2, 0) is 10.0 Å². The molecule has 0 bridgehead atoms. The lowest BCUT2D eigenvalue weighted by Gasteiger charge is -2.21. The first-order chi connectivity index (χ1) is 10.6. The summed E-state index contributed by atoms with van der Waals surface area (Å²) in [5, 5.41) is 0. The largest absolute Gasteiger partial charge is 0.488 e. The Morgan fingerprint density at radius 3 is 2.26 bits per heavy atom. The SMILES string of the molecule is CC(C)C(N)CCN(C)S(=O)(=O)c1ccc(OCC(F)F)cc1. The molecule has 0 spiro atoms. The van der Waals surface area contributed by atoms with E-state index in [0.29, 0.717) is 13.0 Å². The lowest BCUT2D eigenvalue weighted by atomic mass is 10.0. The first-order valence-corrected chi connectivity index (χ1v) is 8.81. The van der Waals surface area contributed by atoms with Crippen molar-refractivity contribution < 1.29 is 21.9 Å². The average molecular weight is 350 g/mol. The van der Waals surface area contributed by atoms with Gasteiger partial charge in [-0.1, -0.05) is 13.8 Å². The van der Waals surface area contributed by atoms with Crippen molar-refractivity contribution in [3.05, 3.63) is 24.3 Å². The monoisotopic (exact) mass is 350 g/mol. The fraction of sp³-hybridized carbons (Fsp3) is 0.600. The molecule has 0 heterocycles. The number of alkyl halides is 2. The van der Waals surface area contributed by atoms with E-state index in [1.807, 2.05) is 13.8 Å². The predicted octanol–water partition coefficient (Wildman–Crippen LogP) is 2.32. The van der Waals surface area contributed by atoms with Crippen molar-refractivity contribution in [3.63, 3.8) is 0 Å². The van der Waals surface area contributed by atoms with Crippen LogP contribution in [0.2, 0.25) is 0 Å². The summed E-state index contributed by atoms with van der Waals surface area (Å²) >= 11 is 0. The van der Waals surface area contributed by atoms with Crippen LogP contribution in [0.1, 0.15) is 20.3 Å². The molecule has 0 aliphatic rings. The van der Waals surface area contributed by atoms with Crippen LogP contribution in [0.4, 0.5) is 8.78 Å². The Morgan fingerprint density at radius 2 is 1.78 bits per heavy atom. The normalized spacial score (nSPS) is 13.8. The molecule has 0 radical (unpaired) electrons. The minimum absolute atomic E-state index is 0.0715. The number of hydrogen-bond donors (Lipinski definition) is 1. The summed E-state index contributed by atoms with van der Waals surface area (Å²) < 4.78 is 55.0. The molecule has 8 heteroatoms. The molecule has 5 nitrogen and oxygen atoms in total. The molecule has 0 aliphatic carbocycles. The Kier molecular flexibility index (Phi) is 7.37. The van der Waals surface area contributed by atoms with Crippen molar-refractivity contribution in [3.8, 4) is 5.75 Å². The quantitative estimate of drug-likeness (QED) is 0.742. The van der Waals surface area contributed by atoms with Gasteiger partial charge in [0.05, 0.1) is 4.90 Å². The highest BCUT2D eigenvalue weighted by Crippen LogP contribution is 2.19. The summed E-state index contributed by atoms with van der Waals surface area (Å²) in [6, 6.07) is 5.34. The smallest absolute Gasteiger partial charge is 0.272 e. The second kappa shape index (κ2) is 8.56. The van der Waals surface area contributed by atoms with Gasteiger partial charge < -0.3 is 10.5 Å². The number of halogens is 2. The van der Waals surface area contributed by atoms with E-state index in [4.69, 9.17) is 10.5 Å². The van der Waals surface area contributed by atoms with Gasteiger partial charge in [-0.15, -0.1) is 0 Å². The lowest BCUT2D eigenvalue weighted by Crippen LogP contribution is -2.34. The van der Waals surface area contributed by atoms with Gasteiger partial charge in [0.15, 0.2) is 0 Å². The molecule has 0 fully saturated rings. The molecule has 1 rings (SSSR count). The van der Waals surface area contributed by atoms with Gasteiger partial charge in [0.25, 0.3) is 6.43 Å². The minimum Gasteiger partial charge on any atom is -0.488 e. The van der Waals surface area contributed by atoms with Crippen LogP contribution < -0.4 is 10.5 Å². The maximum atomic E-state index is 12.4. The third-order valence-corrected chi connectivity index (χ3v) is 5.41. The molecule has 132 valence electrons. The fourth-order valence-corrected chi connectivity index (χ4v) is 3.02. The molecule has 0 aromatic heterocycles. The highest BCUT2D eigenvalue weighted by Gasteiger charge is 2.21. The van der Waals surface area contributed by atoms with Crippen molar-refractivity contribution in [2.45, 2.75) is 37.6 Å². The highest BCUT2D eigenvalue weighted by molar-refractivity contribution is 7.89. The minimum atomic E-state index is -3.63. The Labute approximate surface area is 136 Å². The third-order valence-electron chi connectivity index (χ3n) is 3.54. The number of hydrogen-bond acceptors (Lipinski definition) is 4. The second-order valence-electron chi connectivity index (χ2n) is 5.70. The van der Waals surface area contributed by atoms with E-state index in [1.54, 1.807) is 0 Å². The molecule has 23 heavy (non-hydrogen) atoms. The van der Waals surface area contributed by atoms with E-state index < -0.39 is 23.1 Å². The van der Waals surface area contributed by atoms with Gasteiger partial charge in [0.1, 0.15) is 12.4 Å². The molecule has 1 unspecified atom stereocenters. The first-order valence-electron chi connectivity index (χ1n) is 7.37. The van der Waals surface area contributed by atoms with Crippen molar-refractivity contribution in [1.29, 1.82) is 0 Å². The summed E-state index contributed by atoms with van der Waals surface area (Å²) in [5.74, 6) is 0.478. The molecular formula is C15H24F2N2O3S. The molecule has 0 saturated carbocycles. The van der Waals surface area contributed by atoms with E-state index in [9.17, 15) is 17.2 Å². The summed E-state index contributed by atoms with van der Waals surface area (Å²) in [7, 11) is -2.14. The zero-order valence-corrected chi connectivity index (χ0v) is 14.4. The summed E-state index contributed by atoms with van der Waals surface area (Å²) in [6.07, 6.45) is -2.02.